The van der Waals surface area contributed by atoms with Crippen molar-refractivity contribution in [3.63, 3.8) is 0 Å². The van der Waals surface area contributed by atoms with Crippen LogP contribution in [0.2, 0.25) is 5.02 Å². The van der Waals surface area contributed by atoms with Gasteiger partial charge in [-0.2, -0.15) is 5.26 Å². The third-order valence-corrected chi connectivity index (χ3v) is 9.83. The van der Waals surface area contributed by atoms with Crippen LogP contribution in [-0.4, -0.2) is 58.3 Å². The molecule has 0 spiro atoms. The van der Waals surface area contributed by atoms with Crippen LogP contribution < -0.4 is 19.5 Å². The molecule has 2 aromatic heterocycles. The number of aliphatic hydroxyl groups excluding tert-OH is 1. The highest BCUT2D eigenvalue weighted by Crippen LogP contribution is 2.37. The molecule has 12 heteroatoms. The van der Waals surface area contributed by atoms with Crippen LogP contribution in [0.5, 0.6) is 17.4 Å². The van der Waals surface area contributed by atoms with E-state index < -0.39 is 12.1 Å². The van der Waals surface area contributed by atoms with E-state index in [4.69, 9.17) is 35.9 Å². The Morgan fingerprint density at radius 1 is 0.945 bits per heavy atom. The molecule has 0 fully saturated rings. The Labute approximate surface area is 325 Å². The molecule has 0 amide bonds. The Morgan fingerprint density at radius 3 is 2.45 bits per heavy atom. The zero-order valence-electron chi connectivity index (χ0n) is 30.9. The van der Waals surface area contributed by atoms with E-state index in [1.165, 1.54) is 6.20 Å². The minimum Gasteiger partial charge on any atom is -0.488 e. The van der Waals surface area contributed by atoms with Crippen LogP contribution in [0.3, 0.4) is 0 Å². The molecule has 0 bridgehead atoms. The quantitative estimate of drug-likeness (QED) is 0.0913. The number of hydrogen-bond acceptors (Lipinski definition) is 10. The smallest absolute Gasteiger partial charge is 0.305 e. The minimum atomic E-state index is -1.05. The van der Waals surface area contributed by atoms with Crippen molar-refractivity contribution in [1.29, 1.82) is 5.26 Å². The fourth-order valence-corrected chi connectivity index (χ4v) is 6.87. The first-order chi connectivity index (χ1) is 26.6. The van der Waals surface area contributed by atoms with E-state index in [9.17, 15) is 15.2 Å². The standard InChI is InChI=1S/C43H42ClN5O6/c1-26-31(8-5-10-33(26)34-11-6-12-35(27(34)2)38-14-13-36(43(49-38)53-3)42-47-15-16-48-42)25-55-40-20-39(54-24-29-17-28(21-45)22-46-23-29)30(18-37(40)44)7-4-9-32(50)19-41(51)52/h5-6,8,10-14,17-18,20,22-23,32,50H,4,7,9,15-16,19,24-25H2,1-3H3,(H,47,48)(H,51,52)/t32-/m1/s1. The number of aliphatic imine (C=N–C) groups is 1. The molecule has 3 aromatic carbocycles. The summed E-state index contributed by atoms with van der Waals surface area (Å²) in [5.74, 6) is 1.22. The first kappa shape index (κ1) is 38.8. The van der Waals surface area contributed by atoms with Gasteiger partial charge in [0.2, 0.25) is 5.88 Å². The maximum Gasteiger partial charge on any atom is 0.305 e. The van der Waals surface area contributed by atoms with Crippen molar-refractivity contribution in [3.8, 4) is 45.8 Å². The van der Waals surface area contributed by atoms with Crippen molar-refractivity contribution in [2.45, 2.75) is 58.8 Å². The Balaban J connectivity index is 1.23. The second-order valence-corrected chi connectivity index (χ2v) is 13.7. The van der Waals surface area contributed by atoms with E-state index >= 15 is 0 Å². The van der Waals surface area contributed by atoms with Gasteiger partial charge in [-0.1, -0.05) is 48.0 Å². The number of nitriles is 1. The molecule has 0 radical (unpaired) electrons. The summed E-state index contributed by atoms with van der Waals surface area (Å²) in [5, 5.41) is 32.1. The Bertz CT molecular complexity index is 2270. The predicted octanol–water partition coefficient (Wildman–Crippen LogP) is 7.63. The summed E-state index contributed by atoms with van der Waals surface area (Å²) in [6.45, 7) is 6.08. The van der Waals surface area contributed by atoms with Crippen molar-refractivity contribution in [2.24, 2.45) is 4.99 Å². The van der Waals surface area contributed by atoms with E-state index in [-0.39, 0.29) is 19.6 Å². The van der Waals surface area contributed by atoms with Crippen molar-refractivity contribution in [1.82, 2.24) is 15.3 Å². The van der Waals surface area contributed by atoms with Gasteiger partial charge in [-0.3, -0.25) is 14.8 Å². The zero-order chi connectivity index (χ0) is 38.9. The van der Waals surface area contributed by atoms with Gasteiger partial charge in [0.25, 0.3) is 0 Å². The lowest BCUT2D eigenvalue weighted by Gasteiger charge is -2.18. The van der Waals surface area contributed by atoms with Crippen LogP contribution in [-0.2, 0) is 24.4 Å². The van der Waals surface area contributed by atoms with Crippen molar-refractivity contribution >= 4 is 23.4 Å². The van der Waals surface area contributed by atoms with Crippen LogP contribution in [0.25, 0.3) is 22.4 Å². The second kappa shape index (κ2) is 17.9. The molecule has 1 aliphatic heterocycles. The van der Waals surface area contributed by atoms with Crippen molar-refractivity contribution < 1.29 is 29.2 Å². The number of benzene rings is 3. The average molecular weight is 760 g/mol. The molecule has 1 aliphatic rings. The van der Waals surface area contributed by atoms with E-state index in [1.54, 1.807) is 31.5 Å². The first-order valence-electron chi connectivity index (χ1n) is 18.0. The summed E-state index contributed by atoms with van der Waals surface area (Å²) >= 11 is 6.79. The molecular formula is C43H42ClN5O6. The second-order valence-electron chi connectivity index (χ2n) is 13.3. The molecule has 0 saturated carbocycles. The Kier molecular flexibility index (Phi) is 12.6. The molecule has 0 unspecified atom stereocenters. The number of carbonyl (C=O) groups is 1. The zero-order valence-corrected chi connectivity index (χ0v) is 31.7. The van der Waals surface area contributed by atoms with Crippen LogP contribution in [0.1, 0.15) is 58.2 Å². The lowest BCUT2D eigenvalue weighted by Crippen LogP contribution is -2.20. The van der Waals surface area contributed by atoms with Gasteiger partial charge < -0.3 is 29.7 Å². The number of aromatic nitrogens is 2. The normalized spacial score (nSPS) is 12.7. The molecule has 1 atom stereocenters. The van der Waals surface area contributed by atoms with Gasteiger partial charge in [-0.05, 0) is 90.8 Å². The number of carboxylic acids is 1. The van der Waals surface area contributed by atoms with E-state index in [1.807, 2.05) is 30.3 Å². The van der Waals surface area contributed by atoms with Crippen molar-refractivity contribution in [2.75, 3.05) is 20.2 Å². The number of carboxylic acid groups (broad SMARTS) is 1. The van der Waals surface area contributed by atoms with Gasteiger partial charge in [-0.25, -0.2) is 4.98 Å². The monoisotopic (exact) mass is 759 g/mol. The van der Waals surface area contributed by atoms with Gasteiger partial charge in [0.1, 0.15) is 36.6 Å². The van der Waals surface area contributed by atoms with Gasteiger partial charge in [-0.15, -0.1) is 0 Å². The number of aliphatic carboxylic acids is 1. The lowest BCUT2D eigenvalue weighted by molar-refractivity contribution is -0.139. The predicted molar refractivity (Wildman–Crippen MR) is 211 cm³/mol. The summed E-state index contributed by atoms with van der Waals surface area (Å²) in [7, 11) is 1.62. The van der Waals surface area contributed by atoms with Crippen LogP contribution in [0.4, 0.5) is 0 Å². The molecule has 3 heterocycles. The number of amidine groups is 1. The van der Waals surface area contributed by atoms with Gasteiger partial charge in [0.15, 0.2) is 0 Å². The van der Waals surface area contributed by atoms with Crippen LogP contribution >= 0.6 is 11.6 Å². The van der Waals surface area contributed by atoms with E-state index in [0.29, 0.717) is 47.2 Å². The lowest BCUT2D eigenvalue weighted by atomic mass is 9.90. The highest BCUT2D eigenvalue weighted by Gasteiger charge is 2.19. The number of rotatable bonds is 16. The third kappa shape index (κ3) is 9.41. The number of aryl methyl sites for hydroxylation is 1. The van der Waals surface area contributed by atoms with Crippen LogP contribution in [0, 0.1) is 25.2 Å². The number of pyridine rings is 2. The first-order valence-corrected chi connectivity index (χ1v) is 18.4. The largest absolute Gasteiger partial charge is 0.488 e. The van der Waals surface area contributed by atoms with Gasteiger partial charge >= 0.3 is 5.97 Å². The fourth-order valence-electron chi connectivity index (χ4n) is 6.63. The van der Waals surface area contributed by atoms with Crippen LogP contribution in [0.15, 0.2) is 84.1 Å². The molecular weight excluding hydrogens is 718 g/mol. The van der Waals surface area contributed by atoms with Gasteiger partial charge in [0, 0.05) is 36.1 Å². The Hall–Kier alpha value is -5.96. The topological polar surface area (TPSA) is 159 Å². The van der Waals surface area contributed by atoms with E-state index in [0.717, 1.165) is 74.7 Å². The molecule has 3 N–H and O–H groups in total. The molecule has 11 nitrogen and oxygen atoms in total. The average Bonchev–Trinajstić information content (AvgIpc) is 3.72. The minimum absolute atomic E-state index is 0.150. The highest BCUT2D eigenvalue weighted by atomic mass is 35.5. The summed E-state index contributed by atoms with van der Waals surface area (Å²) in [6.07, 6.45) is 3.16. The summed E-state index contributed by atoms with van der Waals surface area (Å²) < 4.78 is 18.3. The maximum atomic E-state index is 11.0. The number of hydrogen-bond donors (Lipinski definition) is 3. The molecule has 0 saturated heterocycles. The molecule has 0 aliphatic carbocycles. The molecule has 55 heavy (non-hydrogen) atoms. The molecule has 5 aromatic rings. The number of nitrogens with one attached hydrogen (secondary N) is 1. The summed E-state index contributed by atoms with van der Waals surface area (Å²) in [5.41, 5.74) is 9.81. The number of methoxy groups -OCH3 is 1. The number of halogens is 1. The van der Waals surface area contributed by atoms with Gasteiger partial charge in [0.05, 0.1) is 48.0 Å². The highest BCUT2D eigenvalue weighted by molar-refractivity contribution is 6.32. The number of nitrogens with zero attached hydrogens (tertiary/aromatic N) is 4. The maximum absolute atomic E-state index is 11.0. The molecule has 6 rings (SSSR count). The third-order valence-electron chi connectivity index (χ3n) is 9.54. The van der Waals surface area contributed by atoms with E-state index in [2.05, 4.69) is 53.4 Å². The Morgan fingerprint density at radius 2 is 1.71 bits per heavy atom. The van der Waals surface area contributed by atoms with Crippen molar-refractivity contribution in [3.05, 3.63) is 123 Å². The fraction of sp³-hybridized carbons (Fsp3) is 0.279. The molecule has 282 valence electrons. The summed E-state index contributed by atoms with van der Waals surface area (Å²) in [6, 6.07) is 23.7. The SMILES string of the molecule is COc1nc(-c2cccc(-c3cccc(COc4cc(OCc5cncc(C#N)c5)c(CCC[C@@H](O)CC(=O)O)cc4Cl)c3C)c2C)ccc1C1=NCCN1. The number of ether oxygens (including phenoxy) is 3. The number of aliphatic hydroxyl groups is 1. The summed E-state index contributed by atoms with van der Waals surface area (Å²) in [4.78, 5) is 24.5.